The fourth-order valence-electron chi connectivity index (χ4n) is 2.43. The van der Waals surface area contributed by atoms with Crippen molar-refractivity contribution in [3.05, 3.63) is 29.3 Å². The van der Waals surface area contributed by atoms with Gasteiger partial charge in [0.15, 0.2) is 0 Å². The van der Waals surface area contributed by atoms with Crippen LogP contribution in [0.2, 0.25) is 0 Å². The van der Waals surface area contributed by atoms with Gasteiger partial charge in [-0.15, -0.1) is 0 Å². The van der Waals surface area contributed by atoms with Crippen LogP contribution in [0, 0.1) is 6.92 Å². The minimum atomic E-state index is -0.462. The molecule has 108 valence electrons. The van der Waals surface area contributed by atoms with Crippen molar-refractivity contribution in [2.45, 2.75) is 38.6 Å². The van der Waals surface area contributed by atoms with Crippen molar-refractivity contribution in [2.75, 3.05) is 11.9 Å². The summed E-state index contributed by atoms with van der Waals surface area (Å²) >= 11 is 0. The first-order valence-corrected chi connectivity index (χ1v) is 7.02. The molecule has 1 aromatic rings. The summed E-state index contributed by atoms with van der Waals surface area (Å²) in [7, 11) is 0. The molecule has 20 heavy (non-hydrogen) atoms. The lowest BCUT2D eigenvalue weighted by molar-refractivity contribution is -0.118. The SMILES string of the molecule is Cc1cc(C(N)=O)ccc1NC(=O)C1CCCCCN1. The summed E-state index contributed by atoms with van der Waals surface area (Å²) in [6.45, 7) is 2.74. The van der Waals surface area contributed by atoms with Crippen molar-refractivity contribution in [1.82, 2.24) is 5.32 Å². The number of aryl methyl sites for hydroxylation is 1. The molecule has 4 N–H and O–H groups in total. The van der Waals surface area contributed by atoms with Crippen LogP contribution in [0.25, 0.3) is 0 Å². The summed E-state index contributed by atoms with van der Waals surface area (Å²) in [6, 6.07) is 4.92. The third-order valence-electron chi connectivity index (χ3n) is 3.65. The molecule has 5 nitrogen and oxygen atoms in total. The van der Waals surface area contributed by atoms with Crippen molar-refractivity contribution in [3.8, 4) is 0 Å². The lowest BCUT2D eigenvalue weighted by Gasteiger charge is -2.17. The van der Waals surface area contributed by atoms with Crippen molar-refractivity contribution >= 4 is 17.5 Å². The Morgan fingerprint density at radius 1 is 1.30 bits per heavy atom. The monoisotopic (exact) mass is 275 g/mol. The first kappa shape index (κ1) is 14.5. The topological polar surface area (TPSA) is 84.2 Å². The van der Waals surface area contributed by atoms with Crippen LogP contribution in [0.5, 0.6) is 0 Å². The lowest BCUT2D eigenvalue weighted by atomic mass is 10.1. The normalized spacial score (nSPS) is 19.1. The maximum atomic E-state index is 12.2. The molecule has 5 heteroatoms. The van der Waals surface area contributed by atoms with Gasteiger partial charge in [0.1, 0.15) is 0 Å². The van der Waals surface area contributed by atoms with Crippen LogP contribution >= 0.6 is 0 Å². The van der Waals surface area contributed by atoms with Gasteiger partial charge in [0.05, 0.1) is 6.04 Å². The van der Waals surface area contributed by atoms with Gasteiger partial charge in [-0.1, -0.05) is 12.8 Å². The van der Waals surface area contributed by atoms with Gasteiger partial charge in [-0.05, 0) is 50.1 Å². The zero-order chi connectivity index (χ0) is 14.5. The van der Waals surface area contributed by atoms with E-state index in [2.05, 4.69) is 10.6 Å². The van der Waals surface area contributed by atoms with E-state index in [0.717, 1.165) is 37.1 Å². The zero-order valence-electron chi connectivity index (χ0n) is 11.7. The predicted molar refractivity (Wildman–Crippen MR) is 78.6 cm³/mol. The number of hydrogen-bond donors (Lipinski definition) is 3. The molecule has 0 spiro atoms. The number of anilines is 1. The van der Waals surface area contributed by atoms with Gasteiger partial charge in [0.2, 0.25) is 11.8 Å². The molecule has 0 bridgehead atoms. The first-order valence-electron chi connectivity index (χ1n) is 7.02. The summed E-state index contributed by atoms with van der Waals surface area (Å²) in [5.41, 5.74) is 7.25. The first-order chi connectivity index (χ1) is 9.58. The van der Waals surface area contributed by atoms with E-state index in [1.54, 1.807) is 18.2 Å². The number of nitrogens with one attached hydrogen (secondary N) is 2. The van der Waals surface area contributed by atoms with Gasteiger partial charge in [-0.25, -0.2) is 0 Å². The quantitative estimate of drug-likeness (QED) is 0.782. The molecule has 0 aliphatic carbocycles. The molecule has 1 aliphatic heterocycles. The Balaban J connectivity index is 2.05. The number of primary amides is 1. The number of hydrogen-bond acceptors (Lipinski definition) is 3. The lowest BCUT2D eigenvalue weighted by Crippen LogP contribution is -2.40. The van der Waals surface area contributed by atoms with Crippen molar-refractivity contribution in [3.63, 3.8) is 0 Å². The molecular weight excluding hydrogens is 254 g/mol. The van der Waals surface area contributed by atoms with Crippen LogP contribution in [0.4, 0.5) is 5.69 Å². The molecule has 1 heterocycles. The highest BCUT2D eigenvalue weighted by molar-refractivity contribution is 5.97. The highest BCUT2D eigenvalue weighted by Gasteiger charge is 2.20. The molecule has 0 saturated carbocycles. The summed E-state index contributed by atoms with van der Waals surface area (Å²) in [5.74, 6) is -0.474. The number of benzene rings is 1. The highest BCUT2D eigenvalue weighted by atomic mass is 16.2. The molecule has 1 aromatic carbocycles. The molecule has 1 saturated heterocycles. The smallest absolute Gasteiger partial charge is 0.248 e. The molecule has 2 rings (SSSR count). The van der Waals surface area contributed by atoms with E-state index in [1.807, 2.05) is 6.92 Å². The van der Waals surface area contributed by atoms with Gasteiger partial charge in [-0.2, -0.15) is 0 Å². The number of carbonyl (C=O) groups excluding carboxylic acids is 2. The summed E-state index contributed by atoms with van der Waals surface area (Å²) in [6.07, 6.45) is 4.23. The molecule has 0 aromatic heterocycles. The third-order valence-corrected chi connectivity index (χ3v) is 3.65. The average Bonchev–Trinajstić information content (AvgIpc) is 2.69. The predicted octanol–water partition coefficient (Wildman–Crippen LogP) is 1.56. The van der Waals surface area contributed by atoms with Gasteiger partial charge < -0.3 is 16.4 Å². The number of amides is 2. The number of nitrogens with two attached hydrogens (primary N) is 1. The molecule has 2 amide bonds. The average molecular weight is 275 g/mol. The highest BCUT2D eigenvalue weighted by Crippen LogP contribution is 2.18. The largest absolute Gasteiger partial charge is 0.366 e. The van der Waals surface area contributed by atoms with Gasteiger partial charge in [-0.3, -0.25) is 9.59 Å². The van der Waals surface area contributed by atoms with Crippen LogP contribution < -0.4 is 16.4 Å². The Labute approximate surface area is 118 Å². The maximum absolute atomic E-state index is 12.2. The van der Waals surface area contributed by atoms with Gasteiger partial charge in [0, 0.05) is 11.3 Å². The van der Waals surface area contributed by atoms with Crippen LogP contribution in [-0.4, -0.2) is 24.4 Å². The van der Waals surface area contributed by atoms with Gasteiger partial charge >= 0.3 is 0 Å². The number of rotatable bonds is 3. The van der Waals surface area contributed by atoms with Crippen molar-refractivity contribution in [1.29, 1.82) is 0 Å². The van der Waals surface area contributed by atoms with E-state index in [9.17, 15) is 9.59 Å². The summed E-state index contributed by atoms with van der Waals surface area (Å²) in [5, 5.41) is 6.18. The Morgan fingerprint density at radius 2 is 2.10 bits per heavy atom. The third kappa shape index (κ3) is 3.57. The fraction of sp³-hybridized carbons (Fsp3) is 0.467. The Kier molecular flexibility index (Phi) is 4.74. The van der Waals surface area contributed by atoms with Crippen LogP contribution in [-0.2, 0) is 4.79 Å². The van der Waals surface area contributed by atoms with E-state index < -0.39 is 5.91 Å². The Morgan fingerprint density at radius 3 is 2.80 bits per heavy atom. The van der Waals surface area contributed by atoms with E-state index in [4.69, 9.17) is 5.73 Å². The summed E-state index contributed by atoms with van der Waals surface area (Å²) in [4.78, 5) is 23.3. The molecule has 1 aliphatic rings. The standard InChI is InChI=1S/C15H21N3O2/c1-10-9-11(14(16)19)6-7-12(10)18-15(20)13-5-3-2-4-8-17-13/h6-7,9,13,17H,2-5,8H2,1H3,(H2,16,19)(H,18,20). The van der Waals surface area contributed by atoms with E-state index in [1.165, 1.54) is 6.42 Å². The van der Waals surface area contributed by atoms with Crippen LogP contribution in [0.15, 0.2) is 18.2 Å². The van der Waals surface area contributed by atoms with E-state index >= 15 is 0 Å². The molecule has 1 unspecified atom stereocenters. The molecule has 1 fully saturated rings. The van der Waals surface area contributed by atoms with Crippen molar-refractivity contribution < 1.29 is 9.59 Å². The minimum Gasteiger partial charge on any atom is -0.366 e. The van der Waals surface area contributed by atoms with E-state index in [0.29, 0.717) is 5.56 Å². The molecule has 1 atom stereocenters. The second-order valence-electron chi connectivity index (χ2n) is 5.24. The van der Waals surface area contributed by atoms with Crippen LogP contribution in [0.3, 0.4) is 0 Å². The van der Waals surface area contributed by atoms with E-state index in [-0.39, 0.29) is 11.9 Å². The zero-order valence-corrected chi connectivity index (χ0v) is 11.7. The molecule has 0 radical (unpaired) electrons. The number of carbonyl (C=O) groups is 2. The van der Waals surface area contributed by atoms with Crippen molar-refractivity contribution in [2.24, 2.45) is 5.73 Å². The minimum absolute atomic E-state index is 0.0122. The Bertz CT molecular complexity index is 506. The Hall–Kier alpha value is -1.88. The van der Waals surface area contributed by atoms with Gasteiger partial charge in [0.25, 0.3) is 0 Å². The second-order valence-corrected chi connectivity index (χ2v) is 5.24. The van der Waals surface area contributed by atoms with Crippen LogP contribution in [0.1, 0.15) is 41.6 Å². The maximum Gasteiger partial charge on any atom is 0.248 e. The second kappa shape index (κ2) is 6.52. The molecular formula is C15H21N3O2. The fourth-order valence-corrected chi connectivity index (χ4v) is 2.43. The summed E-state index contributed by atoms with van der Waals surface area (Å²) < 4.78 is 0.